The largest absolute Gasteiger partial charge is 0.269 e. The second-order valence-electron chi connectivity index (χ2n) is 4.80. The predicted molar refractivity (Wildman–Crippen MR) is 76.9 cm³/mol. The van der Waals surface area contributed by atoms with Crippen molar-refractivity contribution in [1.82, 2.24) is 0 Å². The normalized spacial score (nSPS) is 12.4. The third-order valence-corrected chi connectivity index (χ3v) is 6.84. The van der Waals surface area contributed by atoms with E-state index in [1.807, 2.05) is 20.8 Å². The summed E-state index contributed by atoms with van der Waals surface area (Å²) in [7, 11) is -2.59. The SMILES string of the molecule is CCCC(C)(C)SS(=O)(=O)c1ccc([N+](=O)[O-])cc1. The second-order valence-corrected chi connectivity index (χ2v) is 9.27. The van der Waals surface area contributed by atoms with Gasteiger partial charge in [0.15, 0.2) is 0 Å². The van der Waals surface area contributed by atoms with Crippen molar-refractivity contribution >= 4 is 25.4 Å². The topological polar surface area (TPSA) is 77.3 Å². The van der Waals surface area contributed by atoms with E-state index in [1.165, 1.54) is 24.3 Å². The average molecular weight is 303 g/mol. The van der Waals surface area contributed by atoms with Crippen LogP contribution in [0.25, 0.3) is 0 Å². The molecule has 0 N–H and O–H groups in total. The summed E-state index contributed by atoms with van der Waals surface area (Å²) in [4.78, 5) is 10.1. The van der Waals surface area contributed by atoms with Gasteiger partial charge in [-0.3, -0.25) is 10.1 Å². The number of rotatable bonds is 6. The van der Waals surface area contributed by atoms with Crippen LogP contribution in [-0.4, -0.2) is 18.1 Å². The third kappa shape index (κ3) is 4.50. The van der Waals surface area contributed by atoms with Crippen LogP contribution >= 0.6 is 10.8 Å². The van der Waals surface area contributed by atoms with E-state index in [0.717, 1.165) is 23.6 Å². The maximum absolute atomic E-state index is 12.2. The van der Waals surface area contributed by atoms with Crippen molar-refractivity contribution in [2.45, 2.75) is 43.3 Å². The smallest absolute Gasteiger partial charge is 0.258 e. The Morgan fingerprint density at radius 3 is 2.21 bits per heavy atom. The fraction of sp³-hybridized carbons (Fsp3) is 0.500. The summed E-state index contributed by atoms with van der Waals surface area (Å²) in [5, 5.41) is 10.5. The first kappa shape index (κ1) is 16.0. The summed E-state index contributed by atoms with van der Waals surface area (Å²) in [6.45, 7) is 5.76. The zero-order valence-corrected chi connectivity index (χ0v) is 12.8. The molecule has 0 radical (unpaired) electrons. The summed E-state index contributed by atoms with van der Waals surface area (Å²) in [5.41, 5.74) is -0.114. The van der Waals surface area contributed by atoms with Crippen LogP contribution in [0.1, 0.15) is 33.6 Å². The van der Waals surface area contributed by atoms with E-state index >= 15 is 0 Å². The quantitative estimate of drug-likeness (QED) is 0.456. The molecule has 7 heteroatoms. The molecule has 0 saturated carbocycles. The first-order valence-corrected chi connectivity index (χ1v) is 8.70. The minimum atomic E-state index is -3.49. The zero-order chi connectivity index (χ0) is 14.7. The molecule has 0 aliphatic rings. The van der Waals surface area contributed by atoms with Gasteiger partial charge in [-0.05, 0) is 43.2 Å². The molecule has 0 aliphatic heterocycles. The molecule has 0 bridgehead atoms. The van der Waals surface area contributed by atoms with Gasteiger partial charge in [-0.1, -0.05) is 13.3 Å². The molecule has 0 atom stereocenters. The van der Waals surface area contributed by atoms with Gasteiger partial charge in [-0.15, -0.1) is 0 Å². The summed E-state index contributed by atoms with van der Waals surface area (Å²) in [6, 6.07) is 4.98. The predicted octanol–water partition coefficient (Wildman–Crippen LogP) is 3.60. The fourth-order valence-electron chi connectivity index (χ4n) is 1.72. The van der Waals surface area contributed by atoms with Gasteiger partial charge in [0, 0.05) is 16.9 Å². The number of nitro groups is 1. The van der Waals surface area contributed by atoms with Crippen LogP contribution in [0.4, 0.5) is 5.69 Å². The molecule has 0 spiro atoms. The van der Waals surface area contributed by atoms with E-state index in [0.29, 0.717) is 0 Å². The van der Waals surface area contributed by atoms with Crippen LogP contribution in [0.5, 0.6) is 0 Å². The summed E-state index contributed by atoms with van der Waals surface area (Å²) < 4.78 is 24.0. The Hall–Kier alpha value is -1.08. The highest BCUT2D eigenvalue weighted by atomic mass is 33.1. The van der Waals surface area contributed by atoms with Crippen molar-refractivity contribution in [2.75, 3.05) is 0 Å². The van der Waals surface area contributed by atoms with Gasteiger partial charge in [0.25, 0.3) is 5.69 Å². The highest BCUT2D eigenvalue weighted by Gasteiger charge is 2.28. The van der Waals surface area contributed by atoms with Crippen LogP contribution in [0, 0.1) is 10.1 Å². The van der Waals surface area contributed by atoms with Crippen molar-refractivity contribution in [3.63, 3.8) is 0 Å². The highest BCUT2D eigenvalue weighted by Crippen LogP contribution is 2.38. The Morgan fingerprint density at radius 2 is 1.79 bits per heavy atom. The van der Waals surface area contributed by atoms with Crippen LogP contribution in [-0.2, 0) is 8.87 Å². The summed E-state index contributed by atoms with van der Waals surface area (Å²) in [5.74, 6) is 0. The molecule has 5 nitrogen and oxygen atoms in total. The average Bonchev–Trinajstić information content (AvgIpc) is 2.27. The Bertz CT molecular complexity index is 550. The highest BCUT2D eigenvalue weighted by molar-refractivity contribution is 8.72. The Labute approximate surface area is 116 Å². The molecule has 0 heterocycles. The lowest BCUT2D eigenvalue weighted by atomic mass is 10.1. The number of hydrogen-bond donors (Lipinski definition) is 0. The number of non-ortho nitro benzene ring substituents is 1. The van der Waals surface area contributed by atoms with Crippen LogP contribution < -0.4 is 0 Å². The monoisotopic (exact) mass is 303 g/mol. The fourth-order valence-corrected chi connectivity index (χ4v) is 5.82. The van der Waals surface area contributed by atoms with E-state index in [-0.39, 0.29) is 15.3 Å². The summed E-state index contributed by atoms with van der Waals surface area (Å²) >= 11 is 0. The van der Waals surface area contributed by atoms with Gasteiger partial charge >= 0.3 is 0 Å². The van der Waals surface area contributed by atoms with Gasteiger partial charge in [0.05, 0.1) is 9.82 Å². The molecule has 1 aromatic rings. The Morgan fingerprint density at radius 1 is 1.26 bits per heavy atom. The van der Waals surface area contributed by atoms with E-state index in [9.17, 15) is 18.5 Å². The van der Waals surface area contributed by atoms with Gasteiger partial charge in [-0.2, -0.15) is 0 Å². The van der Waals surface area contributed by atoms with Crippen molar-refractivity contribution in [3.8, 4) is 0 Å². The number of nitrogens with zero attached hydrogens (tertiary/aromatic N) is 1. The first-order chi connectivity index (χ1) is 8.68. The minimum Gasteiger partial charge on any atom is -0.258 e. The Kier molecular flexibility index (Phi) is 4.98. The second kappa shape index (κ2) is 5.92. The number of nitro benzene ring substituents is 1. The molecular weight excluding hydrogens is 286 g/mol. The first-order valence-electron chi connectivity index (χ1n) is 5.88. The van der Waals surface area contributed by atoms with Gasteiger partial charge < -0.3 is 0 Å². The lowest BCUT2D eigenvalue weighted by molar-refractivity contribution is -0.384. The molecule has 0 fully saturated rings. The Balaban J connectivity index is 2.98. The summed E-state index contributed by atoms with van der Waals surface area (Å²) in [6.07, 6.45) is 1.68. The molecule has 0 aromatic heterocycles. The van der Waals surface area contributed by atoms with Crippen molar-refractivity contribution < 1.29 is 13.3 Å². The van der Waals surface area contributed by atoms with Crippen molar-refractivity contribution in [2.24, 2.45) is 0 Å². The number of hydrogen-bond acceptors (Lipinski definition) is 5. The van der Waals surface area contributed by atoms with Crippen LogP contribution in [0.3, 0.4) is 0 Å². The van der Waals surface area contributed by atoms with Crippen molar-refractivity contribution in [3.05, 3.63) is 34.4 Å². The third-order valence-electron chi connectivity index (χ3n) is 2.52. The molecule has 19 heavy (non-hydrogen) atoms. The van der Waals surface area contributed by atoms with Gasteiger partial charge in [0.1, 0.15) is 0 Å². The van der Waals surface area contributed by atoms with E-state index in [4.69, 9.17) is 0 Å². The van der Waals surface area contributed by atoms with E-state index < -0.39 is 13.8 Å². The molecule has 0 saturated heterocycles. The molecule has 0 amide bonds. The molecule has 0 aliphatic carbocycles. The van der Waals surface area contributed by atoms with E-state index in [2.05, 4.69) is 0 Å². The number of benzene rings is 1. The molecule has 0 unspecified atom stereocenters. The van der Waals surface area contributed by atoms with Crippen LogP contribution in [0.2, 0.25) is 0 Å². The molecule has 1 aromatic carbocycles. The molecular formula is C12H17NO4S2. The zero-order valence-electron chi connectivity index (χ0n) is 11.1. The lowest BCUT2D eigenvalue weighted by Gasteiger charge is -2.22. The van der Waals surface area contributed by atoms with Gasteiger partial charge in [-0.25, -0.2) is 8.42 Å². The molecule has 106 valence electrons. The molecule has 1 rings (SSSR count). The maximum atomic E-state index is 12.2. The van der Waals surface area contributed by atoms with Gasteiger partial charge in [0.2, 0.25) is 8.87 Å². The minimum absolute atomic E-state index is 0.104. The standard InChI is InChI=1S/C12H17NO4S2/c1-4-9-12(2,3)18-19(16,17)11-7-5-10(6-8-11)13(14)15/h5-8H,4,9H2,1-3H3. The maximum Gasteiger partial charge on any atom is 0.269 e. The van der Waals surface area contributed by atoms with Crippen LogP contribution in [0.15, 0.2) is 29.2 Å². The lowest BCUT2D eigenvalue weighted by Crippen LogP contribution is -2.17. The van der Waals surface area contributed by atoms with E-state index in [1.54, 1.807) is 0 Å². The van der Waals surface area contributed by atoms with Crippen molar-refractivity contribution in [1.29, 1.82) is 0 Å².